The summed E-state index contributed by atoms with van der Waals surface area (Å²) in [5, 5.41) is 2.97. The largest absolute Gasteiger partial charge is 0.756 e. The minimum atomic E-state index is -4.73. The van der Waals surface area contributed by atoms with Gasteiger partial charge >= 0.3 is 5.97 Å². The van der Waals surface area contributed by atoms with Gasteiger partial charge in [-0.25, -0.2) is 0 Å². The Morgan fingerprint density at radius 1 is 0.468 bits per heavy atom. The first-order chi connectivity index (χ1) is 37.4. The molecule has 9 nitrogen and oxygen atoms in total. The average Bonchev–Trinajstić information content (AvgIpc) is 3.39. The number of esters is 1. The standard InChI is InChI=1S/C67H111N2O7P/c1-7-10-13-16-19-22-25-28-30-32-33-34-35-37-39-42-45-48-51-54-57-60-67(71)76-65(58-55-52-49-46-43-40-27-24-21-18-15-12-9-3)64(63-75-77(72,73)74-62-61-69(4,5)6)68-66(70)59-56-53-50-47-44-41-38-36-31-29-26-23-20-17-14-11-8-2/h10-11,13-14,19-20,22-23,28-31,33-34,37-39,41,45,47-48,50,55,58,64-65H,7-9,12,15-18,21,24-27,32,35-36,40,42-44,46,49,51-54,56-57,59-63H2,1-6H3,(H-,68,70,72,73)/b13-10-,14-11-,22-19-,23-20-,30-28-,31-29-,34-33-,39-37-,41-38-,48-45-,50-47-,58-55+. The molecule has 0 rings (SSSR count). The van der Waals surface area contributed by atoms with Crippen LogP contribution in [0.3, 0.4) is 0 Å². The van der Waals surface area contributed by atoms with Crippen molar-refractivity contribution in [3.05, 3.63) is 146 Å². The van der Waals surface area contributed by atoms with Gasteiger partial charge in [-0.3, -0.25) is 14.2 Å². The molecule has 0 bridgehead atoms. The molecule has 0 spiro atoms. The number of unbranched alkanes of at least 4 members (excludes halogenated alkanes) is 14. The third kappa shape index (κ3) is 56.4. The van der Waals surface area contributed by atoms with Crippen molar-refractivity contribution in [3.8, 4) is 0 Å². The number of phosphoric acid groups is 1. The summed E-state index contributed by atoms with van der Waals surface area (Å²) in [6.07, 6.45) is 79.7. The number of phosphoric ester groups is 1. The minimum absolute atomic E-state index is 0.0487. The van der Waals surface area contributed by atoms with Gasteiger partial charge in [0.25, 0.3) is 7.82 Å². The topological polar surface area (TPSA) is 114 Å². The van der Waals surface area contributed by atoms with Crippen molar-refractivity contribution in [2.75, 3.05) is 40.9 Å². The Morgan fingerprint density at radius 2 is 0.844 bits per heavy atom. The molecule has 1 amide bonds. The lowest BCUT2D eigenvalue weighted by molar-refractivity contribution is -0.870. The molecule has 0 fully saturated rings. The van der Waals surface area contributed by atoms with Crippen LogP contribution in [-0.4, -0.2) is 69.4 Å². The predicted octanol–water partition coefficient (Wildman–Crippen LogP) is 18.0. The third-order valence-electron chi connectivity index (χ3n) is 12.3. The van der Waals surface area contributed by atoms with Gasteiger partial charge in [-0.2, -0.15) is 0 Å². The Balaban J connectivity index is 5.50. The maximum atomic E-state index is 13.5. The maximum Gasteiger partial charge on any atom is 0.306 e. The fourth-order valence-corrected chi connectivity index (χ4v) is 8.40. The van der Waals surface area contributed by atoms with Crippen molar-refractivity contribution in [1.82, 2.24) is 5.32 Å². The Bertz CT molecular complexity index is 1830. The van der Waals surface area contributed by atoms with E-state index in [1.807, 2.05) is 27.2 Å². The Kier molecular flexibility index (Phi) is 52.3. The van der Waals surface area contributed by atoms with E-state index >= 15 is 0 Å². The molecule has 436 valence electrons. The monoisotopic (exact) mass is 1090 g/mol. The maximum absolute atomic E-state index is 13.5. The van der Waals surface area contributed by atoms with Crippen LogP contribution in [-0.2, 0) is 27.9 Å². The zero-order chi connectivity index (χ0) is 56.4. The molecule has 3 atom stereocenters. The fraction of sp³-hybridized carbons (Fsp3) is 0.612. The van der Waals surface area contributed by atoms with E-state index in [1.54, 1.807) is 6.08 Å². The molecule has 3 unspecified atom stereocenters. The van der Waals surface area contributed by atoms with Crippen molar-refractivity contribution in [2.24, 2.45) is 0 Å². The van der Waals surface area contributed by atoms with E-state index in [2.05, 4.69) is 160 Å². The molecule has 0 saturated carbocycles. The number of nitrogens with one attached hydrogen (secondary N) is 1. The molecular formula is C67H111N2O7P. The minimum Gasteiger partial charge on any atom is -0.756 e. The van der Waals surface area contributed by atoms with Gasteiger partial charge in [-0.05, 0) is 122 Å². The molecular weight excluding hydrogens is 976 g/mol. The highest BCUT2D eigenvalue weighted by molar-refractivity contribution is 7.45. The number of carbonyl (C=O) groups is 2. The molecule has 0 saturated heterocycles. The Labute approximate surface area is 472 Å². The lowest BCUT2D eigenvalue weighted by Crippen LogP contribution is -2.47. The van der Waals surface area contributed by atoms with Crippen molar-refractivity contribution in [1.29, 1.82) is 0 Å². The van der Waals surface area contributed by atoms with Crippen LogP contribution in [0, 0.1) is 0 Å². The van der Waals surface area contributed by atoms with Crippen LogP contribution in [0.15, 0.2) is 146 Å². The summed E-state index contributed by atoms with van der Waals surface area (Å²) in [6.45, 7) is 6.51. The number of likely N-dealkylation sites (N-methyl/N-ethyl adjacent to an activating group) is 1. The number of nitrogens with zero attached hydrogens (tertiary/aromatic N) is 1. The molecule has 10 heteroatoms. The van der Waals surface area contributed by atoms with E-state index in [-0.39, 0.29) is 25.4 Å². The molecule has 0 aliphatic rings. The number of carbonyl (C=O) groups excluding carboxylic acids is 2. The highest BCUT2D eigenvalue weighted by atomic mass is 31.2. The molecule has 0 aromatic carbocycles. The molecule has 0 aromatic rings. The zero-order valence-electron chi connectivity index (χ0n) is 49.6. The van der Waals surface area contributed by atoms with E-state index < -0.39 is 32.5 Å². The predicted molar refractivity (Wildman–Crippen MR) is 329 cm³/mol. The second-order valence-electron chi connectivity index (χ2n) is 20.7. The fourth-order valence-electron chi connectivity index (χ4n) is 7.68. The first-order valence-corrected chi connectivity index (χ1v) is 31.6. The summed E-state index contributed by atoms with van der Waals surface area (Å²) in [6, 6.07) is -0.947. The number of ether oxygens (including phenoxy) is 1. The second-order valence-corrected chi connectivity index (χ2v) is 22.1. The summed E-state index contributed by atoms with van der Waals surface area (Å²) in [5.74, 6) is -0.673. The van der Waals surface area contributed by atoms with Crippen LogP contribution in [0.1, 0.15) is 213 Å². The normalized spacial score (nSPS) is 14.7. The Morgan fingerprint density at radius 3 is 1.27 bits per heavy atom. The van der Waals surface area contributed by atoms with Gasteiger partial charge in [-0.15, -0.1) is 0 Å². The van der Waals surface area contributed by atoms with Crippen molar-refractivity contribution >= 4 is 19.7 Å². The van der Waals surface area contributed by atoms with Crippen LogP contribution < -0.4 is 10.2 Å². The average molecular weight is 1090 g/mol. The lowest BCUT2D eigenvalue weighted by Gasteiger charge is -2.30. The van der Waals surface area contributed by atoms with Gasteiger partial charge in [0.1, 0.15) is 19.3 Å². The van der Waals surface area contributed by atoms with Crippen LogP contribution >= 0.6 is 7.82 Å². The summed E-state index contributed by atoms with van der Waals surface area (Å²) >= 11 is 0. The summed E-state index contributed by atoms with van der Waals surface area (Å²) < 4.78 is 30.2. The van der Waals surface area contributed by atoms with Crippen LogP contribution in [0.4, 0.5) is 0 Å². The molecule has 0 aliphatic heterocycles. The van der Waals surface area contributed by atoms with Crippen LogP contribution in [0.5, 0.6) is 0 Å². The van der Waals surface area contributed by atoms with Gasteiger partial charge in [0, 0.05) is 12.8 Å². The van der Waals surface area contributed by atoms with Gasteiger partial charge in [-0.1, -0.05) is 225 Å². The summed E-state index contributed by atoms with van der Waals surface area (Å²) in [4.78, 5) is 39.9. The number of rotatable bonds is 52. The number of hydrogen-bond acceptors (Lipinski definition) is 7. The van der Waals surface area contributed by atoms with E-state index in [4.69, 9.17) is 13.8 Å². The number of quaternary nitrogens is 1. The molecule has 0 radical (unpaired) electrons. The van der Waals surface area contributed by atoms with E-state index in [0.717, 1.165) is 103 Å². The van der Waals surface area contributed by atoms with Gasteiger partial charge < -0.3 is 28.5 Å². The molecule has 0 aliphatic carbocycles. The van der Waals surface area contributed by atoms with E-state index in [0.29, 0.717) is 30.3 Å². The first kappa shape index (κ1) is 72.9. The number of allylic oxidation sites excluding steroid dienone is 23. The van der Waals surface area contributed by atoms with Gasteiger partial charge in [0.05, 0.1) is 33.8 Å². The van der Waals surface area contributed by atoms with Gasteiger partial charge in [0.15, 0.2) is 0 Å². The quantitative estimate of drug-likeness (QED) is 0.0212. The van der Waals surface area contributed by atoms with Crippen molar-refractivity contribution in [3.63, 3.8) is 0 Å². The molecule has 77 heavy (non-hydrogen) atoms. The smallest absolute Gasteiger partial charge is 0.306 e. The second kappa shape index (κ2) is 55.2. The van der Waals surface area contributed by atoms with Gasteiger partial charge in [0.2, 0.25) is 5.91 Å². The van der Waals surface area contributed by atoms with Crippen molar-refractivity contribution in [2.45, 2.75) is 226 Å². The Hall–Kier alpha value is -4.11. The zero-order valence-corrected chi connectivity index (χ0v) is 50.5. The van der Waals surface area contributed by atoms with Crippen LogP contribution in [0.2, 0.25) is 0 Å². The molecule has 0 heterocycles. The van der Waals surface area contributed by atoms with E-state index in [1.165, 1.54) is 57.8 Å². The lowest BCUT2D eigenvalue weighted by atomic mass is 10.0. The van der Waals surface area contributed by atoms with Crippen LogP contribution in [0.25, 0.3) is 0 Å². The van der Waals surface area contributed by atoms with E-state index in [9.17, 15) is 19.0 Å². The van der Waals surface area contributed by atoms with Crippen molar-refractivity contribution < 1.29 is 37.3 Å². The first-order valence-electron chi connectivity index (χ1n) is 30.1. The highest BCUT2D eigenvalue weighted by Crippen LogP contribution is 2.38. The SMILES string of the molecule is CC/C=C\C/C=C\C/C=C\C/C=C\C/C=C\C/C=C\CCCCC(=O)OC(/C=C/CCCCCCCCCCCCC)C(COP(=O)([O-])OCC[N+](C)(C)C)NC(=O)CCC/C=C\C/C=C\C/C=C\C/C=C\C/C=C\CC. The summed E-state index contributed by atoms with van der Waals surface area (Å²) in [5.41, 5.74) is 0. The molecule has 0 aromatic heterocycles. The summed E-state index contributed by atoms with van der Waals surface area (Å²) in [7, 11) is 1.10. The highest BCUT2D eigenvalue weighted by Gasteiger charge is 2.27. The number of hydrogen-bond donors (Lipinski definition) is 1. The third-order valence-corrected chi connectivity index (χ3v) is 13.2. The molecule has 1 N–H and O–H groups in total. The number of amides is 1.